The van der Waals surface area contributed by atoms with Gasteiger partial charge in [0.2, 0.25) is 0 Å². The fraction of sp³-hybridized carbons (Fsp3) is 0.500. The van der Waals surface area contributed by atoms with Crippen LogP contribution < -0.4 is 5.32 Å². The van der Waals surface area contributed by atoms with Gasteiger partial charge in [-0.05, 0) is 20.8 Å². The average molecular weight is 183 g/mol. The Kier molecular flexibility index (Phi) is 5.07. The van der Waals surface area contributed by atoms with Crippen molar-refractivity contribution in [1.82, 2.24) is 5.32 Å². The zero-order valence-corrected chi connectivity index (χ0v) is 8.52. The van der Waals surface area contributed by atoms with Crippen LogP contribution in [0, 0.1) is 0 Å². The lowest BCUT2D eigenvalue weighted by molar-refractivity contribution is -0.144. The van der Waals surface area contributed by atoms with Crippen LogP contribution in [0.4, 0.5) is 0 Å². The van der Waals surface area contributed by atoms with Crippen LogP contribution in [-0.4, -0.2) is 18.7 Å². The number of esters is 1. The summed E-state index contributed by atoms with van der Waals surface area (Å²) in [5, 5.41) is 2.98. The molecule has 0 saturated heterocycles. The third-order valence-corrected chi connectivity index (χ3v) is 1.32. The summed E-state index contributed by atoms with van der Waals surface area (Å²) in [5.74, 6) is -0.373. The summed E-state index contributed by atoms with van der Waals surface area (Å²) >= 11 is 0. The van der Waals surface area contributed by atoms with Crippen molar-refractivity contribution >= 4 is 5.97 Å². The van der Waals surface area contributed by atoms with E-state index >= 15 is 0 Å². The third kappa shape index (κ3) is 6.11. The molecule has 0 aliphatic rings. The molecule has 0 aromatic carbocycles. The first kappa shape index (κ1) is 11.9. The average Bonchev–Trinajstić information content (AvgIpc) is 2.00. The standard InChI is InChI=1S/C10H17NO2/c1-7(2)6-11-9(5)13-10(12)8(3)4/h9,11H,1,3,6H2,2,4-5H3. The highest BCUT2D eigenvalue weighted by Gasteiger charge is 2.08. The van der Waals surface area contributed by atoms with Gasteiger partial charge in [0, 0.05) is 12.1 Å². The van der Waals surface area contributed by atoms with Gasteiger partial charge in [-0.15, -0.1) is 0 Å². The summed E-state index contributed by atoms with van der Waals surface area (Å²) in [7, 11) is 0. The molecular weight excluding hydrogens is 166 g/mol. The molecule has 0 bridgehead atoms. The molecule has 1 atom stereocenters. The van der Waals surface area contributed by atoms with E-state index in [0.717, 1.165) is 5.57 Å². The number of ether oxygens (including phenoxy) is 1. The summed E-state index contributed by atoms with van der Waals surface area (Å²) in [6.45, 7) is 13.1. The van der Waals surface area contributed by atoms with E-state index in [1.165, 1.54) is 0 Å². The predicted octanol–water partition coefficient (Wildman–Crippen LogP) is 1.62. The number of carbonyl (C=O) groups is 1. The molecule has 0 spiro atoms. The Hall–Kier alpha value is -1.09. The van der Waals surface area contributed by atoms with Crippen LogP contribution in [0.15, 0.2) is 24.3 Å². The fourth-order valence-electron chi connectivity index (χ4n) is 0.621. The molecule has 0 saturated carbocycles. The van der Waals surface area contributed by atoms with E-state index in [0.29, 0.717) is 12.1 Å². The Bertz CT molecular complexity index is 221. The highest BCUT2D eigenvalue weighted by Crippen LogP contribution is 1.96. The van der Waals surface area contributed by atoms with Gasteiger partial charge in [-0.2, -0.15) is 0 Å². The van der Waals surface area contributed by atoms with Gasteiger partial charge in [0.1, 0.15) is 0 Å². The topological polar surface area (TPSA) is 38.3 Å². The highest BCUT2D eigenvalue weighted by molar-refractivity contribution is 5.87. The molecular formula is C10H17NO2. The van der Waals surface area contributed by atoms with Crippen LogP contribution in [0.2, 0.25) is 0 Å². The van der Waals surface area contributed by atoms with Crippen LogP contribution >= 0.6 is 0 Å². The molecule has 0 aliphatic carbocycles. The molecule has 3 heteroatoms. The molecule has 1 N–H and O–H groups in total. The number of nitrogens with one attached hydrogen (secondary N) is 1. The summed E-state index contributed by atoms with van der Waals surface area (Å²) in [6, 6.07) is 0. The second-order valence-electron chi connectivity index (χ2n) is 3.17. The molecule has 0 rings (SSSR count). The maximum absolute atomic E-state index is 11.0. The maximum atomic E-state index is 11.0. The molecule has 0 heterocycles. The summed E-state index contributed by atoms with van der Waals surface area (Å²) in [4.78, 5) is 11.0. The zero-order chi connectivity index (χ0) is 10.4. The molecule has 0 radical (unpaired) electrons. The van der Waals surface area contributed by atoms with Crippen molar-refractivity contribution in [1.29, 1.82) is 0 Å². The van der Waals surface area contributed by atoms with E-state index < -0.39 is 0 Å². The van der Waals surface area contributed by atoms with E-state index in [9.17, 15) is 4.79 Å². The SMILES string of the molecule is C=C(C)CNC(C)OC(=O)C(=C)C. The predicted molar refractivity (Wildman–Crippen MR) is 53.2 cm³/mol. The Balaban J connectivity index is 3.74. The summed E-state index contributed by atoms with van der Waals surface area (Å²) in [6.07, 6.45) is -0.305. The van der Waals surface area contributed by atoms with Gasteiger partial charge in [0.15, 0.2) is 6.23 Å². The van der Waals surface area contributed by atoms with Gasteiger partial charge >= 0.3 is 5.97 Å². The van der Waals surface area contributed by atoms with E-state index in [1.807, 2.05) is 6.92 Å². The van der Waals surface area contributed by atoms with Crippen molar-refractivity contribution in [2.45, 2.75) is 27.0 Å². The van der Waals surface area contributed by atoms with Gasteiger partial charge in [-0.1, -0.05) is 18.7 Å². The monoisotopic (exact) mass is 183 g/mol. The summed E-state index contributed by atoms with van der Waals surface area (Å²) < 4.78 is 4.97. The molecule has 0 aromatic rings. The van der Waals surface area contributed by atoms with E-state index in [1.54, 1.807) is 13.8 Å². The highest BCUT2D eigenvalue weighted by atomic mass is 16.6. The second-order valence-corrected chi connectivity index (χ2v) is 3.17. The van der Waals surface area contributed by atoms with E-state index in [2.05, 4.69) is 18.5 Å². The van der Waals surface area contributed by atoms with Gasteiger partial charge in [0.25, 0.3) is 0 Å². The van der Waals surface area contributed by atoms with Crippen molar-refractivity contribution in [2.75, 3.05) is 6.54 Å². The van der Waals surface area contributed by atoms with Gasteiger partial charge < -0.3 is 4.74 Å². The Morgan fingerprint density at radius 2 is 2.00 bits per heavy atom. The molecule has 13 heavy (non-hydrogen) atoms. The maximum Gasteiger partial charge on any atom is 0.334 e. The number of rotatable bonds is 5. The van der Waals surface area contributed by atoms with Crippen LogP contribution in [0.3, 0.4) is 0 Å². The van der Waals surface area contributed by atoms with Crippen molar-refractivity contribution in [3.8, 4) is 0 Å². The zero-order valence-electron chi connectivity index (χ0n) is 8.52. The first-order valence-electron chi connectivity index (χ1n) is 4.17. The van der Waals surface area contributed by atoms with E-state index in [-0.39, 0.29) is 12.2 Å². The second kappa shape index (κ2) is 5.54. The lowest BCUT2D eigenvalue weighted by Gasteiger charge is -2.14. The third-order valence-electron chi connectivity index (χ3n) is 1.32. The quantitative estimate of drug-likeness (QED) is 0.304. The molecule has 3 nitrogen and oxygen atoms in total. The van der Waals surface area contributed by atoms with Crippen molar-refractivity contribution < 1.29 is 9.53 Å². The minimum absolute atomic E-state index is 0.305. The van der Waals surface area contributed by atoms with Crippen LogP contribution in [0.25, 0.3) is 0 Å². The van der Waals surface area contributed by atoms with Crippen molar-refractivity contribution in [2.24, 2.45) is 0 Å². The number of hydrogen-bond donors (Lipinski definition) is 1. The minimum Gasteiger partial charge on any atom is -0.444 e. The van der Waals surface area contributed by atoms with Gasteiger partial charge in [-0.3, -0.25) is 5.32 Å². The Morgan fingerprint density at radius 1 is 1.46 bits per heavy atom. The molecule has 0 amide bonds. The molecule has 1 unspecified atom stereocenters. The first-order chi connectivity index (χ1) is 5.93. The normalized spacial score (nSPS) is 11.9. The van der Waals surface area contributed by atoms with Gasteiger partial charge in [0.05, 0.1) is 0 Å². The van der Waals surface area contributed by atoms with Crippen LogP contribution in [0.5, 0.6) is 0 Å². The molecule has 74 valence electrons. The van der Waals surface area contributed by atoms with Crippen LogP contribution in [-0.2, 0) is 9.53 Å². The largest absolute Gasteiger partial charge is 0.444 e. The summed E-state index contributed by atoms with van der Waals surface area (Å²) in [5.41, 5.74) is 1.40. The Labute approximate surface area is 79.5 Å². The lowest BCUT2D eigenvalue weighted by atomic mass is 10.3. The smallest absolute Gasteiger partial charge is 0.334 e. The molecule has 0 fully saturated rings. The number of hydrogen-bond acceptors (Lipinski definition) is 3. The number of carbonyl (C=O) groups excluding carboxylic acids is 1. The van der Waals surface area contributed by atoms with E-state index in [4.69, 9.17) is 4.74 Å². The molecule has 0 aromatic heterocycles. The fourth-order valence-corrected chi connectivity index (χ4v) is 0.621. The first-order valence-corrected chi connectivity index (χ1v) is 4.17. The lowest BCUT2D eigenvalue weighted by Crippen LogP contribution is -2.32. The Morgan fingerprint density at radius 3 is 2.38 bits per heavy atom. The minimum atomic E-state index is -0.373. The molecule has 0 aliphatic heterocycles. The van der Waals surface area contributed by atoms with Crippen molar-refractivity contribution in [3.05, 3.63) is 24.3 Å². The van der Waals surface area contributed by atoms with Crippen LogP contribution in [0.1, 0.15) is 20.8 Å². The van der Waals surface area contributed by atoms with Gasteiger partial charge in [-0.25, -0.2) is 4.79 Å². The van der Waals surface area contributed by atoms with Crippen molar-refractivity contribution in [3.63, 3.8) is 0 Å².